The fourth-order valence-corrected chi connectivity index (χ4v) is 3.39. The number of carbonyl (C=O) groups is 1. The van der Waals surface area contributed by atoms with Crippen LogP contribution >= 0.6 is 0 Å². The van der Waals surface area contributed by atoms with E-state index in [9.17, 15) is 4.79 Å². The average molecular weight is 335 g/mol. The summed E-state index contributed by atoms with van der Waals surface area (Å²) in [5.74, 6) is 0.799. The van der Waals surface area contributed by atoms with Crippen LogP contribution in [0.5, 0.6) is 0 Å². The number of amides is 1. The maximum absolute atomic E-state index is 13.0. The number of hydrogen-bond acceptors (Lipinski definition) is 4. The van der Waals surface area contributed by atoms with E-state index < -0.39 is 0 Å². The summed E-state index contributed by atoms with van der Waals surface area (Å²) >= 11 is 0. The standard InChI is InChI=1S/C19H21N5O/c1-13-8-11-23(12-9-13)19(25)15-5-3-7-17(14(15)2)24-18-16(21-22-24)6-4-10-20-18/h3-7,10,13H,8-9,11-12H2,1-2H3. The topological polar surface area (TPSA) is 63.9 Å². The molecule has 0 bridgehead atoms. The Morgan fingerprint density at radius 3 is 2.76 bits per heavy atom. The van der Waals surface area contributed by atoms with Gasteiger partial charge in [0, 0.05) is 24.8 Å². The zero-order valence-corrected chi connectivity index (χ0v) is 14.5. The van der Waals surface area contributed by atoms with Crippen molar-refractivity contribution in [2.45, 2.75) is 26.7 Å². The van der Waals surface area contributed by atoms with E-state index in [2.05, 4.69) is 22.2 Å². The van der Waals surface area contributed by atoms with E-state index in [-0.39, 0.29) is 5.91 Å². The lowest BCUT2D eigenvalue weighted by molar-refractivity contribution is 0.0696. The van der Waals surface area contributed by atoms with Gasteiger partial charge in [-0.3, -0.25) is 4.79 Å². The number of fused-ring (bicyclic) bond motifs is 1. The summed E-state index contributed by atoms with van der Waals surface area (Å²) in [6.07, 6.45) is 3.87. The number of likely N-dealkylation sites (tertiary alicyclic amines) is 1. The molecule has 2 aromatic heterocycles. The maximum Gasteiger partial charge on any atom is 0.254 e. The Labute approximate surface area is 146 Å². The van der Waals surface area contributed by atoms with Gasteiger partial charge in [-0.15, -0.1) is 5.10 Å². The van der Waals surface area contributed by atoms with Crippen molar-refractivity contribution in [1.29, 1.82) is 0 Å². The van der Waals surface area contributed by atoms with E-state index in [0.29, 0.717) is 11.6 Å². The van der Waals surface area contributed by atoms with Crippen LogP contribution in [0.3, 0.4) is 0 Å². The normalized spacial score (nSPS) is 15.7. The smallest absolute Gasteiger partial charge is 0.254 e. The molecule has 1 aromatic carbocycles. The third-order valence-corrected chi connectivity index (χ3v) is 5.04. The van der Waals surface area contributed by atoms with Gasteiger partial charge < -0.3 is 4.90 Å². The lowest BCUT2D eigenvalue weighted by Crippen LogP contribution is -2.38. The van der Waals surface area contributed by atoms with Crippen LogP contribution in [-0.2, 0) is 0 Å². The second-order valence-electron chi connectivity index (χ2n) is 6.77. The van der Waals surface area contributed by atoms with E-state index in [1.54, 1.807) is 10.9 Å². The van der Waals surface area contributed by atoms with E-state index in [0.717, 1.165) is 48.3 Å². The first-order valence-electron chi connectivity index (χ1n) is 8.71. The molecule has 0 spiro atoms. The third-order valence-electron chi connectivity index (χ3n) is 5.04. The minimum Gasteiger partial charge on any atom is -0.339 e. The number of pyridine rings is 1. The molecule has 6 nitrogen and oxygen atoms in total. The monoisotopic (exact) mass is 335 g/mol. The number of rotatable bonds is 2. The second kappa shape index (κ2) is 6.27. The van der Waals surface area contributed by atoms with Crippen molar-refractivity contribution in [3.8, 4) is 5.69 Å². The number of benzene rings is 1. The molecule has 1 saturated heterocycles. The molecule has 128 valence electrons. The Kier molecular flexibility index (Phi) is 3.95. The highest BCUT2D eigenvalue weighted by Crippen LogP contribution is 2.24. The minimum absolute atomic E-state index is 0.101. The van der Waals surface area contributed by atoms with Crippen LogP contribution in [0.15, 0.2) is 36.5 Å². The molecular formula is C19H21N5O. The van der Waals surface area contributed by atoms with Crippen LogP contribution in [0.4, 0.5) is 0 Å². The van der Waals surface area contributed by atoms with Gasteiger partial charge in [-0.2, -0.15) is 4.68 Å². The highest BCUT2D eigenvalue weighted by molar-refractivity contribution is 5.96. The van der Waals surface area contributed by atoms with Crippen molar-refractivity contribution in [2.75, 3.05) is 13.1 Å². The lowest BCUT2D eigenvalue weighted by Gasteiger charge is -2.30. The summed E-state index contributed by atoms with van der Waals surface area (Å²) in [6.45, 7) is 5.87. The number of nitrogens with zero attached hydrogens (tertiary/aromatic N) is 5. The molecule has 1 aliphatic rings. The Morgan fingerprint density at radius 2 is 1.96 bits per heavy atom. The van der Waals surface area contributed by atoms with Crippen molar-refractivity contribution in [3.63, 3.8) is 0 Å². The highest BCUT2D eigenvalue weighted by atomic mass is 16.2. The van der Waals surface area contributed by atoms with Crippen molar-refractivity contribution in [2.24, 2.45) is 5.92 Å². The first-order valence-corrected chi connectivity index (χ1v) is 8.71. The van der Waals surface area contributed by atoms with Gasteiger partial charge in [0.05, 0.1) is 5.69 Å². The van der Waals surface area contributed by atoms with E-state index in [1.165, 1.54) is 0 Å². The molecule has 3 heterocycles. The number of carbonyl (C=O) groups excluding carboxylic acids is 1. The molecule has 0 aliphatic carbocycles. The predicted octanol–water partition coefficient (Wildman–Crippen LogP) is 3.00. The first-order chi connectivity index (χ1) is 12.1. The first kappa shape index (κ1) is 15.7. The molecule has 1 aliphatic heterocycles. The minimum atomic E-state index is 0.101. The summed E-state index contributed by atoms with van der Waals surface area (Å²) in [5.41, 5.74) is 3.92. The third kappa shape index (κ3) is 2.77. The van der Waals surface area contributed by atoms with Crippen LogP contribution in [0.1, 0.15) is 35.7 Å². The summed E-state index contributed by atoms with van der Waals surface area (Å²) in [6, 6.07) is 9.47. The molecule has 3 aromatic rings. The molecule has 0 unspecified atom stereocenters. The summed E-state index contributed by atoms with van der Waals surface area (Å²) in [4.78, 5) is 19.3. The summed E-state index contributed by atoms with van der Waals surface area (Å²) in [5, 5.41) is 8.39. The molecule has 1 amide bonds. The van der Waals surface area contributed by atoms with E-state index >= 15 is 0 Å². The SMILES string of the molecule is Cc1c(C(=O)N2CCC(C)CC2)cccc1-n1nnc2cccnc21. The molecule has 0 atom stereocenters. The van der Waals surface area contributed by atoms with Crippen LogP contribution in [0, 0.1) is 12.8 Å². The molecule has 0 radical (unpaired) electrons. The fraction of sp³-hybridized carbons (Fsp3) is 0.368. The summed E-state index contributed by atoms with van der Waals surface area (Å²) < 4.78 is 1.71. The predicted molar refractivity (Wildman–Crippen MR) is 95.7 cm³/mol. The quantitative estimate of drug-likeness (QED) is 0.722. The highest BCUT2D eigenvalue weighted by Gasteiger charge is 2.23. The van der Waals surface area contributed by atoms with Crippen molar-refractivity contribution < 1.29 is 4.79 Å². The number of piperidine rings is 1. The molecule has 0 saturated carbocycles. The largest absolute Gasteiger partial charge is 0.339 e. The Balaban J connectivity index is 1.72. The maximum atomic E-state index is 13.0. The number of hydrogen-bond donors (Lipinski definition) is 0. The Morgan fingerprint density at radius 1 is 1.16 bits per heavy atom. The van der Waals surface area contributed by atoms with Gasteiger partial charge in [0.1, 0.15) is 5.52 Å². The molecule has 1 fully saturated rings. The summed E-state index contributed by atoms with van der Waals surface area (Å²) in [7, 11) is 0. The molecular weight excluding hydrogens is 314 g/mol. The number of aromatic nitrogens is 4. The van der Waals surface area contributed by atoms with E-state index in [4.69, 9.17) is 0 Å². The Bertz CT molecular complexity index is 924. The van der Waals surface area contributed by atoms with Crippen molar-refractivity contribution in [1.82, 2.24) is 24.9 Å². The van der Waals surface area contributed by atoms with Gasteiger partial charge in [-0.1, -0.05) is 18.2 Å². The van der Waals surface area contributed by atoms with Crippen molar-refractivity contribution in [3.05, 3.63) is 47.7 Å². The Hall–Kier alpha value is -2.76. The molecule has 0 N–H and O–H groups in total. The van der Waals surface area contributed by atoms with Gasteiger partial charge in [0.2, 0.25) is 0 Å². The van der Waals surface area contributed by atoms with Gasteiger partial charge in [0.15, 0.2) is 5.65 Å². The zero-order chi connectivity index (χ0) is 17.4. The second-order valence-corrected chi connectivity index (χ2v) is 6.77. The van der Waals surface area contributed by atoms with Gasteiger partial charge >= 0.3 is 0 Å². The van der Waals surface area contributed by atoms with Gasteiger partial charge in [-0.25, -0.2) is 4.98 Å². The molecule has 4 rings (SSSR count). The van der Waals surface area contributed by atoms with Gasteiger partial charge in [-0.05, 0) is 55.5 Å². The van der Waals surface area contributed by atoms with E-state index in [1.807, 2.05) is 42.2 Å². The fourth-order valence-electron chi connectivity index (χ4n) is 3.39. The zero-order valence-electron chi connectivity index (χ0n) is 14.5. The molecule has 6 heteroatoms. The lowest BCUT2D eigenvalue weighted by atomic mass is 9.97. The van der Waals surface area contributed by atoms with Crippen LogP contribution < -0.4 is 0 Å². The van der Waals surface area contributed by atoms with Gasteiger partial charge in [0.25, 0.3) is 5.91 Å². The van der Waals surface area contributed by atoms with Crippen LogP contribution in [0.25, 0.3) is 16.9 Å². The van der Waals surface area contributed by atoms with Crippen LogP contribution in [-0.4, -0.2) is 43.9 Å². The average Bonchev–Trinajstić information content (AvgIpc) is 3.06. The van der Waals surface area contributed by atoms with Crippen LogP contribution in [0.2, 0.25) is 0 Å². The molecule has 25 heavy (non-hydrogen) atoms. The van der Waals surface area contributed by atoms with Crippen molar-refractivity contribution >= 4 is 17.1 Å².